The lowest BCUT2D eigenvalue weighted by Crippen LogP contribution is -2.27. The van der Waals surface area contributed by atoms with Gasteiger partial charge in [-0.1, -0.05) is 29.8 Å². The summed E-state index contributed by atoms with van der Waals surface area (Å²) >= 11 is 1.04. The first-order chi connectivity index (χ1) is 16.4. The van der Waals surface area contributed by atoms with Crippen LogP contribution >= 0.6 is 11.3 Å². The molecule has 0 aliphatic rings. The van der Waals surface area contributed by atoms with Crippen molar-refractivity contribution in [2.24, 2.45) is 0 Å². The van der Waals surface area contributed by atoms with E-state index < -0.39 is 23.3 Å². The summed E-state index contributed by atoms with van der Waals surface area (Å²) in [7, 11) is 0. The van der Waals surface area contributed by atoms with Gasteiger partial charge in [-0.2, -0.15) is 9.78 Å². The van der Waals surface area contributed by atoms with Gasteiger partial charge in [0, 0.05) is 10.8 Å². The number of aryl methyl sites for hydroxylation is 1. The molecule has 2 aromatic carbocycles. The number of fused-ring (bicyclic) bond motifs is 1. The molecule has 174 valence electrons. The summed E-state index contributed by atoms with van der Waals surface area (Å²) in [6.45, 7) is 3.37. The van der Waals surface area contributed by atoms with Crippen LogP contribution in [0, 0.1) is 12.7 Å². The summed E-state index contributed by atoms with van der Waals surface area (Å²) in [6.07, 6.45) is 0. The predicted molar refractivity (Wildman–Crippen MR) is 126 cm³/mol. The minimum atomic E-state index is -0.768. The van der Waals surface area contributed by atoms with E-state index in [2.05, 4.69) is 10.4 Å². The highest BCUT2D eigenvalue weighted by atomic mass is 32.1. The Labute approximate surface area is 197 Å². The Morgan fingerprint density at radius 1 is 1.15 bits per heavy atom. The number of rotatable bonds is 7. The molecule has 10 heteroatoms. The van der Waals surface area contributed by atoms with Gasteiger partial charge < -0.3 is 14.8 Å². The fourth-order valence-corrected chi connectivity index (χ4v) is 4.18. The summed E-state index contributed by atoms with van der Waals surface area (Å²) in [6, 6.07) is 12.8. The number of ether oxygens (including phenoxy) is 2. The van der Waals surface area contributed by atoms with Crippen LogP contribution in [0.3, 0.4) is 0 Å². The van der Waals surface area contributed by atoms with E-state index in [0.29, 0.717) is 5.75 Å². The molecule has 0 aliphatic heterocycles. The number of hydrogen-bond acceptors (Lipinski definition) is 7. The van der Waals surface area contributed by atoms with Gasteiger partial charge in [-0.05, 0) is 38.1 Å². The second-order valence-electron chi connectivity index (χ2n) is 7.24. The standard InChI is InChI=1S/C24H20FN3O5S/c1-3-32-24(31)21-16-13-34-22(26-19(29)12-33-15-10-8-14(2)9-11-15)20(16)23(30)28(27-21)18-7-5-4-6-17(18)25/h4-11,13H,3,12H2,1-2H3,(H,26,29). The third kappa shape index (κ3) is 4.67. The van der Waals surface area contributed by atoms with Gasteiger partial charge in [0.05, 0.1) is 12.0 Å². The van der Waals surface area contributed by atoms with Gasteiger partial charge in [0.1, 0.15) is 22.3 Å². The smallest absolute Gasteiger partial charge is 0.359 e. The Morgan fingerprint density at radius 2 is 1.88 bits per heavy atom. The normalized spacial score (nSPS) is 10.8. The number of aromatic nitrogens is 2. The van der Waals surface area contributed by atoms with E-state index in [9.17, 15) is 18.8 Å². The van der Waals surface area contributed by atoms with Gasteiger partial charge in [-0.3, -0.25) is 9.59 Å². The molecule has 8 nitrogen and oxygen atoms in total. The van der Waals surface area contributed by atoms with Crippen LogP contribution in [0.5, 0.6) is 5.75 Å². The summed E-state index contributed by atoms with van der Waals surface area (Å²) in [5.74, 6) is -1.45. The van der Waals surface area contributed by atoms with Crippen LogP contribution in [0.15, 0.2) is 58.7 Å². The van der Waals surface area contributed by atoms with Crippen molar-refractivity contribution in [1.29, 1.82) is 0 Å². The average Bonchev–Trinajstić information content (AvgIpc) is 3.24. The summed E-state index contributed by atoms with van der Waals surface area (Å²) in [5, 5.41) is 8.67. The number of benzene rings is 2. The van der Waals surface area contributed by atoms with E-state index in [1.54, 1.807) is 25.1 Å². The number of esters is 1. The number of nitrogens with zero attached hydrogens (tertiary/aromatic N) is 2. The van der Waals surface area contributed by atoms with E-state index in [1.807, 2.05) is 19.1 Å². The Hall–Kier alpha value is -4.05. The Bertz CT molecular complexity index is 1430. The summed E-state index contributed by atoms with van der Waals surface area (Å²) in [5.41, 5.74) is 0.0710. The first-order valence-electron chi connectivity index (χ1n) is 10.3. The zero-order valence-electron chi connectivity index (χ0n) is 18.3. The van der Waals surface area contributed by atoms with Crippen molar-refractivity contribution in [3.8, 4) is 11.4 Å². The molecule has 4 aromatic rings. The lowest BCUT2D eigenvalue weighted by Gasteiger charge is -2.10. The molecule has 1 N–H and O–H groups in total. The number of hydrogen-bond donors (Lipinski definition) is 1. The number of para-hydroxylation sites is 1. The van der Waals surface area contributed by atoms with E-state index in [0.717, 1.165) is 21.6 Å². The molecular formula is C24H20FN3O5S. The fraction of sp³-hybridized carbons (Fsp3) is 0.167. The van der Waals surface area contributed by atoms with Crippen molar-refractivity contribution in [2.75, 3.05) is 18.5 Å². The predicted octanol–water partition coefficient (Wildman–Crippen LogP) is 4.09. The van der Waals surface area contributed by atoms with Crippen molar-refractivity contribution in [3.05, 3.63) is 81.3 Å². The van der Waals surface area contributed by atoms with Gasteiger partial charge in [0.25, 0.3) is 11.5 Å². The topological polar surface area (TPSA) is 99.5 Å². The highest BCUT2D eigenvalue weighted by Gasteiger charge is 2.24. The number of amides is 1. The van der Waals surface area contributed by atoms with Crippen molar-refractivity contribution in [2.45, 2.75) is 13.8 Å². The van der Waals surface area contributed by atoms with Crippen LogP contribution in [0.1, 0.15) is 23.0 Å². The molecule has 1 amide bonds. The fourth-order valence-electron chi connectivity index (χ4n) is 3.22. The van der Waals surface area contributed by atoms with Gasteiger partial charge in [-0.15, -0.1) is 11.3 Å². The molecule has 0 saturated heterocycles. The molecule has 0 atom stereocenters. The first-order valence-corrected chi connectivity index (χ1v) is 11.2. The highest BCUT2D eigenvalue weighted by molar-refractivity contribution is 7.16. The van der Waals surface area contributed by atoms with E-state index in [1.165, 1.54) is 23.6 Å². The minimum absolute atomic E-state index is 0.0231. The van der Waals surface area contributed by atoms with Crippen molar-refractivity contribution in [1.82, 2.24) is 9.78 Å². The van der Waals surface area contributed by atoms with Crippen LogP contribution in [-0.2, 0) is 9.53 Å². The second kappa shape index (κ2) is 9.84. The molecule has 0 bridgehead atoms. The quantitative estimate of drug-likeness (QED) is 0.399. The first kappa shape index (κ1) is 23.1. The number of carbonyl (C=O) groups is 2. The van der Waals surface area contributed by atoms with Crippen molar-refractivity contribution < 1.29 is 23.5 Å². The van der Waals surface area contributed by atoms with Crippen molar-refractivity contribution in [3.63, 3.8) is 0 Å². The monoisotopic (exact) mass is 481 g/mol. The van der Waals surface area contributed by atoms with Crippen LogP contribution in [0.4, 0.5) is 9.39 Å². The van der Waals surface area contributed by atoms with Gasteiger partial charge >= 0.3 is 5.97 Å². The summed E-state index contributed by atoms with van der Waals surface area (Å²) < 4.78 is 25.8. The molecule has 2 heterocycles. The average molecular weight is 482 g/mol. The molecule has 34 heavy (non-hydrogen) atoms. The Kier molecular flexibility index (Phi) is 6.69. The zero-order chi connectivity index (χ0) is 24.2. The van der Waals surface area contributed by atoms with Crippen molar-refractivity contribution >= 4 is 39.0 Å². The number of anilines is 1. The number of halogens is 1. The SMILES string of the molecule is CCOC(=O)c1nn(-c2ccccc2F)c(=O)c2c(NC(=O)COc3ccc(C)cc3)scc12. The number of nitrogens with one attached hydrogen (secondary N) is 1. The lowest BCUT2D eigenvalue weighted by atomic mass is 10.2. The van der Waals surface area contributed by atoms with Gasteiger partial charge in [0.2, 0.25) is 0 Å². The largest absolute Gasteiger partial charge is 0.484 e. The van der Waals surface area contributed by atoms with Gasteiger partial charge in [-0.25, -0.2) is 9.18 Å². The van der Waals surface area contributed by atoms with Crippen LogP contribution in [-0.4, -0.2) is 34.9 Å². The third-order valence-corrected chi connectivity index (χ3v) is 5.74. The number of thiophene rings is 1. The van der Waals surface area contributed by atoms with E-state index in [-0.39, 0.29) is 40.4 Å². The summed E-state index contributed by atoms with van der Waals surface area (Å²) in [4.78, 5) is 38.4. The molecule has 0 spiro atoms. The van der Waals surface area contributed by atoms with E-state index >= 15 is 0 Å². The molecule has 0 saturated carbocycles. The Balaban J connectivity index is 1.72. The molecule has 0 unspecified atom stereocenters. The molecule has 0 aliphatic carbocycles. The lowest BCUT2D eigenvalue weighted by molar-refractivity contribution is -0.118. The van der Waals surface area contributed by atoms with Crippen LogP contribution in [0.2, 0.25) is 0 Å². The Morgan fingerprint density at radius 3 is 2.59 bits per heavy atom. The molecule has 4 rings (SSSR count). The molecule has 2 aromatic heterocycles. The highest BCUT2D eigenvalue weighted by Crippen LogP contribution is 2.31. The maximum absolute atomic E-state index is 14.5. The zero-order valence-corrected chi connectivity index (χ0v) is 19.1. The minimum Gasteiger partial charge on any atom is -0.484 e. The van der Waals surface area contributed by atoms with Crippen LogP contribution < -0.4 is 15.6 Å². The van der Waals surface area contributed by atoms with Gasteiger partial charge in [0.15, 0.2) is 12.3 Å². The van der Waals surface area contributed by atoms with E-state index in [4.69, 9.17) is 9.47 Å². The maximum atomic E-state index is 14.5. The molecule has 0 fully saturated rings. The number of carbonyl (C=O) groups excluding carboxylic acids is 2. The van der Waals surface area contributed by atoms with Crippen LogP contribution in [0.25, 0.3) is 16.5 Å². The molecular weight excluding hydrogens is 461 g/mol. The third-order valence-electron chi connectivity index (χ3n) is 4.85. The maximum Gasteiger partial charge on any atom is 0.359 e. The molecule has 0 radical (unpaired) electrons. The second-order valence-corrected chi connectivity index (χ2v) is 8.12.